The first-order valence-electron chi connectivity index (χ1n) is 9.79. The van der Waals surface area contributed by atoms with Gasteiger partial charge in [-0.1, -0.05) is 0 Å². The Morgan fingerprint density at radius 1 is 1.26 bits per heavy atom. The molecule has 2 heterocycles. The minimum absolute atomic E-state index is 0.156. The van der Waals surface area contributed by atoms with E-state index < -0.39 is 12.2 Å². The summed E-state index contributed by atoms with van der Waals surface area (Å²) in [5, 5.41) is 20.2. The molecule has 0 aliphatic carbocycles. The third kappa shape index (κ3) is 4.74. The fraction of sp³-hybridized carbons (Fsp3) is 0.714. The first-order chi connectivity index (χ1) is 12.7. The van der Waals surface area contributed by atoms with Crippen LogP contribution in [0.1, 0.15) is 51.3 Å². The molecule has 2 aliphatic heterocycles. The lowest BCUT2D eigenvalue weighted by Gasteiger charge is -2.46. The highest BCUT2D eigenvalue weighted by Gasteiger charge is 2.40. The molecule has 3 rings (SSSR count). The molecule has 0 bridgehead atoms. The lowest BCUT2D eigenvalue weighted by Crippen LogP contribution is -2.53. The summed E-state index contributed by atoms with van der Waals surface area (Å²) >= 11 is 0. The van der Waals surface area contributed by atoms with E-state index in [0.29, 0.717) is 17.9 Å². The molecular weight excluding hydrogens is 346 g/mol. The van der Waals surface area contributed by atoms with Gasteiger partial charge in [-0.05, 0) is 63.8 Å². The largest absolute Gasteiger partial charge is 0.493 e. The first-order valence-corrected chi connectivity index (χ1v) is 9.79. The Morgan fingerprint density at radius 3 is 2.63 bits per heavy atom. The summed E-state index contributed by atoms with van der Waals surface area (Å²) in [7, 11) is 1.63. The minimum Gasteiger partial charge on any atom is -0.493 e. The lowest BCUT2D eigenvalue weighted by molar-refractivity contribution is -0.149. The monoisotopic (exact) mass is 379 g/mol. The number of nitrogens with zero attached hydrogens (tertiary/aromatic N) is 1. The van der Waals surface area contributed by atoms with E-state index in [1.165, 1.54) is 11.1 Å². The van der Waals surface area contributed by atoms with E-state index in [9.17, 15) is 10.2 Å². The Morgan fingerprint density at radius 2 is 2.00 bits per heavy atom. The topological polar surface area (TPSA) is 71.4 Å². The maximum absolute atomic E-state index is 10.7. The molecule has 0 unspecified atom stereocenters. The number of aliphatic hydroxyl groups is 2. The number of fused-ring (bicyclic) bond motifs is 3. The van der Waals surface area contributed by atoms with Gasteiger partial charge in [-0.2, -0.15) is 0 Å². The number of ether oxygens (including phenoxy) is 3. The van der Waals surface area contributed by atoms with Crippen LogP contribution in [0, 0.1) is 0 Å². The summed E-state index contributed by atoms with van der Waals surface area (Å²) in [4.78, 5) is 2.40. The van der Waals surface area contributed by atoms with E-state index in [1.807, 2.05) is 32.9 Å². The van der Waals surface area contributed by atoms with Crippen molar-refractivity contribution in [3.63, 3.8) is 0 Å². The van der Waals surface area contributed by atoms with Crippen molar-refractivity contribution in [3.8, 4) is 11.5 Å². The third-order valence-electron chi connectivity index (χ3n) is 5.19. The summed E-state index contributed by atoms with van der Waals surface area (Å²) in [6.45, 7) is 9.66. The second-order valence-corrected chi connectivity index (χ2v) is 8.69. The molecule has 152 valence electrons. The van der Waals surface area contributed by atoms with Crippen molar-refractivity contribution < 1.29 is 24.4 Å². The average molecular weight is 379 g/mol. The maximum atomic E-state index is 10.7. The molecule has 0 saturated carbocycles. The van der Waals surface area contributed by atoms with Crippen LogP contribution < -0.4 is 9.47 Å². The molecule has 0 amide bonds. The summed E-state index contributed by atoms with van der Waals surface area (Å²) in [5.74, 6) is 1.33. The summed E-state index contributed by atoms with van der Waals surface area (Å²) in [6, 6.07) is 4.21. The predicted octanol–water partition coefficient (Wildman–Crippen LogP) is 2.30. The fourth-order valence-electron chi connectivity index (χ4n) is 4.04. The molecule has 1 saturated heterocycles. The zero-order chi connectivity index (χ0) is 19.8. The van der Waals surface area contributed by atoms with Crippen LogP contribution in [0.4, 0.5) is 0 Å². The van der Waals surface area contributed by atoms with Crippen LogP contribution in [0.3, 0.4) is 0 Å². The highest BCUT2D eigenvalue weighted by atomic mass is 16.5. The van der Waals surface area contributed by atoms with Crippen LogP contribution in [0.25, 0.3) is 0 Å². The number of hydrogen-bond acceptors (Lipinski definition) is 6. The van der Waals surface area contributed by atoms with Gasteiger partial charge >= 0.3 is 0 Å². The van der Waals surface area contributed by atoms with Crippen molar-refractivity contribution >= 4 is 0 Å². The van der Waals surface area contributed by atoms with E-state index in [2.05, 4.69) is 4.90 Å². The molecule has 4 atom stereocenters. The molecule has 0 radical (unpaired) electrons. The molecular formula is C21H33NO5. The SMILES string of the molecule is COc1cc2c(cc1OC[C@H](C)O)CCN1C[C@@H](OC(C)(C)C)[C@H](O)C[C@H]21. The Balaban J connectivity index is 1.82. The zero-order valence-corrected chi connectivity index (χ0v) is 17.1. The molecule has 0 aromatic heterocycles. The third-order valence-corrected chi connectivity index (χ3v) is 5.19. The van der Waals surface area contributed by atoms with Crippen LogP contribution in [-0.2, 0) is 11.2 Å². The van der Waals surface area contributed by atoms with Gasteiger partial charge in [-0.3, -0.25) is 4.90 Å². The van der Waals surface area contributed by atoms with Gasteiger partial charge in [0.15, 0.2) is 11.5 Å². The molecule has 1 aromatic rings. The molecule has 6 heteroatoms. The Hall–Kier alpha value is -1.34. The van der Waals surface area contributed by atoms with E-state index in [0.717, 1.165) is 19.5 Å². The van der Waals surface area contributed by atoms with Crippen LogP contribution in [0.2, 0.25) is 0 Å². The van der Waals surface area contributed by atoms with Gasteiger partial charge < -0.3 is 24.4 Å². The second kappa shape index (κ2) is 7.95. The van der Waals surface area contributed by atoms with Gasteiger partial charge in [-0.15, -0.1) is 0 Å². The summed E-state index contributed by atoms with van der Waals surface area (Å²) in [5.41, 5.74) is 2.14. The highest BCUT2D eigenvalue weighted by molar-refractivity contribution is 5.49. The molecule has 0 spiro atoms. The average Bonchev–Trinajstić information content (AvgIpc) is 2.58. The van der Waals surface area contributed by atoms with Crippen molar-refractivity contribution in [1.29, 1.82) is 0 Å². The van der Waals surface area contributed by atoms with Gasteiger partial charge in [0, 0.05) is 19.1 Å². The van der Waals surface area contributed by atoms with Gasteiger partial charge in [0.05, 0.1) is 31.0 Å². The smallest absolute Gasteiger partial charge is 0.161 e. The van der Waals surface area contributed by atoms with Crippen molar-refractivity contribution in [2.45, 2.75) is 70.5 Å². The Kier molecular flexibility index (Phi) is 6.01. The quantitative estimate of drug-likeness (QED) is 0.818. The Labute approximate surface area is 162 Å². The van der Waals surface area contributed by atoms with E-state index in [-0.39, 0.29) is 24.4 Å². The number of benzene rings is 1. The van der Waals surface area contributed by atoms with E-state index >= 15 is 0 Å². The van der Waals surface area contributed by atoms with Gasteiger partial charge in [0.2, 0.25) is 0 Å². The van der Waals surface area contributed by atoms with Gasteiger partial charge in [0.25, 0.3) is 0 Å². The standard InChI is InChI=1S/C21H33NO5/c1-13(23)12-26-19-8-14-6-7-22-11-20(27-21(2,3)4)17(24)10-16(22)15(14)9-18(19)25-5/h8-9,13,16-17,20,23-24H,6-7,10-12H2,1-5H3/t13-,16+,17+,20+/m0/s1. The first kappa shape index (κ1) is 20.4. The normalized spacial score (nSPS) is 26.9. The highest BCUT2D eigenvalue weighted by Crippen LogP contribution is 2.42. The lowest BCUT2D eigenvalue weighted by atomic mass is 9.84. The number of piperidine rings is 1. The molecule has 1 fully saturated rings. The van der Waals surface area contributed by atoms with Crippen molar-refractivity contribution in [2.75, 3.05) is 26.8 Å². The predicted molar refractivity (Wildman–Crippen MR) is 103 cm³/mol. The van der Waals surface area contributed by atoms with Crippen LogP contribution in [0.15, 0.2) is 12.1 Å². The van der Waals surface area contributed by atoms with Crippen molar-refractivity contribution in [2.24, 2.45) is 0 Å². The minimum atomic E-state index is -0.533. The number of hydrogen-bond donors (Lipinski definition) is 2. The van der Waals surface area contributed by atoms with E-state index in [4.69, 9.17) is 14.2 Å². The number of rotatable bonds is 5. The van der Waals surface area contributed by atoms with Crippen LogP contribution in [0.5, 0.6) is 11.5 Å². The second-order valence-electron chi connectivity index (χ2n) is 8.69. The fourth-order valence-corrected chi connectivity index (χ4v) is 4.04. The molecule has 2 aliphatic rings. The number of methoxy groups -OCH3 is 1. The summed E-state index contributed by atoms with van der Waals surface area (Å²) < 4.78 is 17.3. The molecule has 2 N–H and O–H groups in total. The molecule has 1 aromatic carbocycles. The summed E-state index contributed by atoms with van der Waals surface area (Å²) in [6.07, 6.45) is 0.366. The molecule has 6 nitrogen and oxygen atoms in total. The van der Waals surface area contributed by atoms with Gasteiger partial charge in [-0.25, -0.2) is 0 Å². The van der Waals surface area contributed by atoms with Crippen LogP contribution in [-0.4, -0.2) is 65.8 Å². The van der Waals surface area contributed by atoms with Crippen LogP contribution >= 0.6 is 0 Å². The van der Waals surface area contributed by atoms with Crippen molar-refractivity contribution in [3.05, 3.63) is 23.3 Å². The van der Waals surface area contributed by atoms with E-state index in [1.54, 1.807) is 14.0 Å². The number of aliphatic hydroxyl groups excluding tert-OH is 2. The van der Waals surface area contributed by atoms with Gasteiger partial charge in [0.1, 0.15) is 6.61 Å². The molecule has 27 heavy (non-hydrogen) atoms. The Bertz CT molecular complexity index is 655. The van der Waals surface area contributed by atoms with Crippen molar-refractivity contribution in [1.82, 2.24) is 4.90 Å². The zero-order valence-electron chi connectivity index (χ0n) is 17.1. The maximum Gasteiger partial charge on any atom is 0.161 e.